The molecule has 0 spiro atoms. The molecule has 6 heteroatoms. The first-order valence-corrected chi connectivity index (χ1v) is 3.74. The summed E-state index contributed by atoms with van der Waals surface area (Å²) >= 11 is 0. The van der Waals surface area contributed by atoms with Gasteiger partial charge in [-0.25, -0.2) is 0 Å². The summed E-state index contributed by atoms with van der Waals surface area (Å²) in [6.45, 7) is 0. The van der Waals surface area contributed by atoms with Crippen LogP contribution in [0.25, 0.3) is 10.9 Å². The van der Waals surface area contributed by atoms with Gasteiger partial charge in [0, 0.05) is 5.39 Å². The van der Waals surface area contributed by atoms with Gasteiger partial charge in [0.15, 0.2) is 5.69 Å². The van der Waals surface area contributed by atoms with Crippen LogP contribution in [0, 0.1) is 0 Å². The molecule has 3 nitrogen and oxygen atoms in total. The van der Waals surface area contributed by atoms with Crippen molar-refractivity contribution in [1.82, 2.24) is 9.94 Å². The number of hydrogen-bond acceptors (Lipinski definition) is 2. The fraction of sp³-hybridized carbons (Fsp3) is 0.125. The fourth-order valence-corrected chi connectivity index (χ4v) is 1.26. The van der Waals surface area contributed by atoms with Crippen molar-refractivity contribution >= 4 is 10.9 Å². The van der Waals surface area contributed by atoms with Crippen LogP contribution in [-0.4, -0.2) is 15.2 Å². The zero-order valence-corrected chi connectivity index (χ0v) is 6.78. The number of alkyl halides is 3. The molecule has 0 bridgehead atoms. The zero-order chi connectivity index (χ0) is 10.3. The van der Waals surface area contributed by atoms with Gasteiger partial charge in [-0.2, -0.15) is 13.2 Å². The summed E-state index contributed by atoms with van der Waals surface area (Å²) in [6, 6.07) is 5.60. The monoisotopic (exact) mass is 202 g/mol. The second kappa shape index (κ2) is 2.63. The average molecular weight is 202 g/mol. The second-order valence-electron chi connectivity index (χ2n) is 2.75. The van der Waals surface area contributed by atoms with E-state index in [2.05, 4.69) is 5.10 Å². The largest absolute Gasteiger partial charge is 0.435 e. The van der Waals surface area contributed by atoms with E-state index in [1.165, 1.54) is 24.3 Å². The van der Waals surface area contributed by atoms with Crippen LogP contribution in [0.2, 0.25) is 0 Å². The molecule has 0 radical (unpaired) electrons. The lowest BCUT2D eigenvalue weighted by molar-refractivity contribution is -0.141. The maximum absolute atomic E-state index is 12.3. The maximum atomic E-state index is 12.3. The van der Waals surface area contributed by atoms with Gasteiger partial charge in [0.2, 0.25) is 0 Å². The predicted octanol–water partition coefficient (Wildman–Crippen LogP) is 2.29. The van der Waals surface area contributed by atoms with Crippen LogP contribution in [0.3, 0.4) is 0 Å². The van der Waals surface area contributed by atoms with Crippen LogP contribution >= 0.6 is 0 Å². The van der Waals surface area contributed by atoms with E-state index in [0.29, 0.717) is 0 Å². The third-order valence-electron chi connectivity index (χ3n) is 1.84. The normalized spacial score (nSPS) is 12.2. The summed E-state index contributed by atoms with van der Waals surface area (Å²) in [7, 11) is 0. The first kappa shape index (κ1) is 8.86. The van der Waals surface area contributed by atoms with Crippen LogP contribution in [0.4, 0.5) is 13.2 Å². The molecule has 2 rings (SSSR count). The summed E-state index contributed by atoms with van der Waals surface area (Å²) < 4.78 is 37.0. The van der Waals surface area contributed by atoms with Crippen molar-refractivity contribution in [2.45, 2.75) is 6.18 Å². The number of hydrogen-bond donors (Lipinski definition) is 1. The number of fused-ring (bicyclic) bond motifs is 1. The summed E-state index contributed by atoms with van der Waals surface area (Å²) in [5.41, 5.74) is -1.03. The van der Waals surface area contributed by atoms with E-state index < -0.39 is 11.9 Å². The Kier molecular flexibility index (Phi) is 1.67. The first-order chi connectivity index (χ1) is 6.50. The molecule has 1 aromatic carbocycles. The highest BCUT2D eigenvalue weighted by atomic mass is 19.4. The van der Waals surface area contributed by atoms with E-state index >= 15 is 0 Å². The van der Waals surface area contributed by atoms with Gasteiger partial charge in [0.1, 0.15) is 5.52 Å². The molecule has 0 atom stereocenters. The van der Waals surface area contributed by atoms with Gasteiger partial charge in [-0.15, -0.1) is 9.94 Å². The van der Waals surface area contributed by atoms with E-state index in [-0.39, 0.29) is 15.7 Å². The number of benzene rings is 1. The smallest absolute Gasteiger partial charge is 0.411 e. The number of nitrogens with zero attached hydrogens (tertiary/aromatic N) is 2. The van der Waals surface area contributed by atoms with Gasteiger partial charge in [-0.05, 0) is 6.07 Å². The predicted molar refractivity (Wildman–Crippen MR) is 41.9 cm³/mol. The maximum Gasteiger partial charge on any atom is 0.435 e. The SMILES string of the molecule is On1nc(C(F)(F)F)c2ccccc21. The molecular weight excluding hydrogens is 197 g/mol. The van der Waals surface area contributed by atoms with Gasteiger partial charge in [-0.1, -0.05) is 18.2 Å². The van der Waals surface area contributed by atoms with Crippen molar-refractivity contribution < 1.29 is 18.4 Å². The average Bonchev–Trinajstić information content (AvgIpc) is 2.44. The van der Waals surface area contributed by atoms with Crippen molar-refractivity contribution in [1.29, 1.82) is 0 Å². The molecule has 0 aliphatic rings. The summed E-state index contributed by atoms with van der Waals surface area (Å²) in [6.07, 6.45) is -4.55. The van der Waals surface area contributed by atoms with E-state index in [0.717, 1.165) is 0 Å². The van der Waals surface area contributed by atoms with Crippen LogP contribution in [0.15, 0.2) is 24.3 Å². The van der Waals surface area contributed by atoms with Crippen LogP contribution in [0.5, 0.6) is 0 Å². The third-order valence-corrected chi connectivity index (χ3v) is 1.84. The quantitative estimate of drug-likeness (QED) is 0.665. The highest BCUT2D eigenvalue weighted by Crippen LogP contribution is 2.33. The lowest BCUT2D eigenvalue weighted by Gasteiger charge is -2.00. The Bertz CT molecular complexity index is 475. The number of aromatic nitrogens is 2. The Morgan fingerprint density at radius 1 is 1.21 bits per heavy atom. The van der Waals surface area contributed by atoms with Crippen LogP contribution in [-0.2, 0) is 6.18 Å². The third kappa shape index (κ3) is 1.19. The fourth-order valence-electron chi connectivity index (χ4n) is 1.26. The van der Waals surface area contributed by atoms with Crippen molar-refractivity contribution in [2.75, 3.05) is 0 Å². The Labute approximate surface area is 76.3 Å². The molecule has 2 aromatic rings. The molecule has 1 N–H and O–H groups in total. The number of halogens is 3. The molecule has 0 fully saturated rings. The Hall–Kier alpha value is -1.72. The van der Waals surface area contributed by atoms with Crippen LogP contribution < -0.4 is 0 Å². The molecular formula is C8H5F3N2O. The van der Waals surface area contributed by atoms with Gasteiger partial charge in [-0.3, -0.25) is 0 Å². The number of rotatable bonds is 0. The molecule has 0 aliphatic carbocycles. The molecule has 1 aromatic heterocycles. The molecule has 0 saturated heterocycles. The Morgan fingerprint density at radius 2 is 1.86 bits per heavy atom. The summed E-state index contributed by atoms with van der Waals surface area (Å²) in [5.74, 6) is 0. The van der Waals surface area contributed by atoms with Gasteiger partial charge in [0.05, 0.1) is 0 Å². The van der Waals surface area contributed by atoms with Gasteiger partial charge in [0.25, 0.3) is 0 Å². The van der Waals surface area contributed by atoms with Crippen molar-refractivity contribution in [2.24, 2.45) is 0 Å². The van der Waals surface area contributed by atoms with Gasteiger partial charge >= 0.3 is 6.18 Å². The zero-order valence-electron chi connectivity index (χ0n) is 6.78. The van der Waals surface area contributed by atoms with Crippen molar-refractivity contribution in [3.8, 4) is 0 Å². The minimum atomic E-state index is -4.55. The Morgan fingerprint density at radius 3 is 2.50 bits per heavy atom. The van der Waals surface area contributed by atoms with E-state index in [9.17, 15) is 13.2 Å². The van der Waals surface area contributed by atoms with E-state index in [1.807, 2.05) is 0 Å². The minimum Gasteiger partial charge on any atom is -0.411 e. The lowest BCUT2D eigenvalue weighted by Crippen LogP contribution is -2.07. The van der Waals surface area contributed by atoms with Crippen LogP contribution in [0.1, 0.15) is 5.69 Å². The lowest BCUT2D eigenvalue weighted by atomic mass is 10.2. The second-order valence-corrected chi connectivity index (χ2v) is 2.75. The molecule has 0 amide bonds. The van der Waals surface area contributed by atoms with Crippen molar-refractivity contribution in [3.05, 3.63) is 30.0 Å². The standard InChI is InChI=1S/C8H5F3N2O/c9-8(10,11)7-5-3-1-2-4-6(5)13(14)12-7/h1-4,14H. The highest BCUT2D eigenvalue weighted by Gasteiger charge is 2.36. The molecule has 1 heterocycles. The number of para-hydroxylation sites is 1. The molecule has 14 heavy (non-hydrogen) atoms. The van der Waals surface area contributed by atoms with Crippen molar-refractivity contribution in [3.63, 3.8) is 0 Å². The minimum absolute atomic E-state index is 0.0415. The summed E-state index contributed by atoms with van der Waals surface area (Å²) in [5, 5.41) is 12.0. The highest BCUT2D eigenvalue weighted by molar-refractivity contribution is 5.82. The Balaban J connectivity index is 2.80. The molecule has 74 valence electrons. The first-order valence-electron chi connectivity index (χ1n) is 3.74. The molecule has 0 saturated carbocycles. The van der Waals surface area contributed by atoms with Gasteiger partial charge < -0.3 is 5.21 Å². The van der Waals surface area contributed by atoms with E-state index in [4.69, 9.17) is 5.21 Å². The topological polar surface area (TPSA) is 38.0 Å². The summed E-state index contributed by atoms with van der Waals surface area (Å²) in [4.78, 5) is 0.234. The molecule has 0 unspecified atom stereocenters. The van der Waals surface area contributed by atoms with E-state index in [1.54, 1.807) is 0 Å². The molecule has 0 aliphatic heterocycles.